The summed E-state index contributed by atoms with van der Waals surface area (Å²) in [5, 5.41) is 23.6. The van der Waals surface area contributed by atoms with Gasteiger partial charge in [0.05, 0.1) is 118 Å². The molecule has 23 rings (SSSR count). The third kappa shape index (κ3) is 23.8. The van der Waals surface area contributed by atoms with Crippen molar-refractivity contribution in [3.05, 3.63) is 182 Å². The molecule has 137 heavy (non-hydrogen) atoms. The summed E-state index contributed by atoms with van der Waals surface area (Å²) in [5.41, 5.74) is 15.4. The summed E-state index contributed by atoms with van der Waals surface area (Å²) < 4.78 is 49.9. The first-order valence-corrected chi connectivity index (χ1v) is 49.2. The number of nitrogens with zero attached hydrogens (tertiary/aromatic N) is 28. The number of benzene rings is 4. The number of aryl methyl sites for hydroxylation is 3. The second-order valence-electron chi connectivity index (χ2n) is 37.2. The minimum atomic E-state index is 0.164. The molecule has 4 aliphatic heterocycles. The van der Waals surface area contributed by atoms with Crippen LogP contribution in [0.3, 0.4) is 0 Å². The number of ether oxygens (including phenoxy) is 8. The second-order valence-corrected chi connectivity index (χ2v) is 37.2. The number of rotatable bonds is 24. The molecule has 0 radical (unpaired) electrons. The molecule has 9 aliphatic rings. The number of morpholine rings is 4. The molecule has 0 amide bonds. The van der Waals surface area contributed by atoms with E-state index in [0.717, 1.165) is 364 Å². The van der Waals surface area contributed by atoms with Crippen molar-refractivity contribution in [3.8, 4) is 45.8 Å². The van der Waals surface area contributed by atoms with Crippen LogP contribution in [0.25, 0.3) is 66.9 Å². The summed E-state index contributed by atoms with van der Waals surface area (Å²) in [7, 11) is 3.54. The monoisotopic (exact) mass is 1850 g/mol. The molecule has 4 saturated heterocycles. The van der Waals surface area contributed by atoms with Gasteiger partial charge >= 0.3 is 0 Å². The molecule has 5 saturated carbocycles. The number of hydrogen-bond acceptors (Lipinski definition) is 34. The Morgan fingerprint density at radius 1 is 0.328 bits per heavy atom. The smallest absolute Gasteiger partial charge is 0.208 e. The Kier molecular flexibility index (Phi) is 29.7. The Labute approximate surface area is 796 Å². The first-order valence-electron chi connectivity index (χ1n) is 49.2. The van der Waals surface area contributed by atoms with Gasteiger partial charge in [-0.3, -0.25) is 19.9 Å². The zero-order valence-electron chi connectivity index (χ0n) is 78.4. The van der Waals surface area contributed by atoms with E-state index in [1.807, 2.05) is 12.4 Å². The van der Waals surface area contributed by atoms with Gasteiger partial charge in [-0.25, -0.2) is 64.5 Å². The van der Waals surface area contributed by atoms with Gasteiger partial charge in [0.15, 0.2) is 5.82 Å². The standard InChI is InChI=1S/C26H31N5O2.2C25H29N9O2.C25H31N5O2/c1-5-21(6-2-18(1)15-25-28-8-7-22(30-25)19-3-4-19)33-24-17-20(31-11-13-32-14-12-31)16-23-26(24)29-10-9-27-23;1-33-25(30-31-32-33)18-15-28-23(29-16-18)12-17-2-4-20(5-3-17)36-22-14-19(34-8-10-35-11-9-34)13-21-24(22)27-7-6-26-21;1-33-31-25(30-32-33)18-15-28-23(29-16-18)12-17-2-4-20(5-3-17)36-22-14-19(34-8-10-35-11-9-34)13-21-24(22)27-7-6-26-21;1-2-24-27-8-7-19(29-24)15-18-3-5-21(6-4-18)32-23-17-20(30-11-13-31-14-12-30)16-22-25(23)28-10-9-26-22/h7-10,16-19,21H,1-6,11-15H2;2*6-7,13-17,20H,2-5,8-12H2,1H3;7-10,16-18,21H,2-6,11-15H2,1H3. The van der Waals surface area contributed by atoms with Crippen LogP contribution in [0.1, 0.15) is 163 Å². The van der Waals surface area contributed by atoms with E-state index in [4.69, 9.17) is 42.9 Å². The molecule has 36 nitrogen and oxygen atoms in total. The molecule has 4 aromatic carbocycles. The van der Waals surface area contributed by atoms with Gasteiger partial charge in [0.25, 0.3) is 0 Å². The third-order valence-electron chi connectivity index (χ3n) is 27.7. The lowest BCUT2D eigenvalue weighted by molar-refractivity contribution is 0.122. The molecule has 5 aliphatic carbocycles. The normalized spacial score (nSPS) is 21.5. The van der Waals surface area contributed by atoms with E-state index in [1.54, 1.807) is 93.1 Å². The van der Waals surface area contributed by atoms with Crippen molar-refractivity contribution in [2.45, 2.75) is 185 Å². The molecule has 14 heterocycles. The molecule has 36 heteroatoms. The van der Waals surface area contributed by atoms with Crippen molar-refractivity contribution in [1.29, 1.82) is 0 Å². The van der Waals surface area contributed by atoms with Crippen molar-refractivity contribution in [1.82, 2.24) is 120 Å². The number of anilines is 4. The van der Waals surface area contributed by atoms with Gasteiger partial charge in [0, 0.05) is 236 Å². The number of fused-ring (bicyclic) bond motifs is 4. The maximum Gasteiger partial charge on any atom is 0.208 e. The average Bonchev–Trinajstić information content (AvgIpc) is 1.47. The predicted octanol–water partition coefficient (Wildman–Crippen LogP) is 13.6. The Balaban J connectivity index is 0.000000113. The van der Waals surface area contributed by atoms with Crippen LogP contribution in [0.5, 0.6) is 23.0 Å². The van der Waals surface area contributed by atoms with Gasteiger partial charge in [0.1, 0.15) is 68.4 Å². The van der Waals surface area contributed by atoms with Gasteiger partial charge in [-0.05, 0) is 198 Å². The number of aromatic nitrogens is 24. The molecule has 0 atom stereocenters. The summed E-state index contributed by atoms with van der Waals surface area (Å²) in [4.78, 5) is 83.9. The van der Waals surface area contributed by atoms with Gasteiger partial charge in [0.2, 0.25) is 5.82 Å². The van der Waals surface area contributed by atoms with E-state index in [-0.39, 0.29) is 24.4 Å². The van der Waals surface area contributed by atoms with Crippen molar-refractivity contribution < 1.29 is 37.9 Å². The lowest BCUT2D eigenvalue weighted by atomic mass is 9.84. The van der Waals surface area contributed by atoms with Crippen LogP contribution in [0.15, 0.2) is 147 Å². The topological polar surface area (TPSA) is 380 Å². The summed E-state index contributed by atoms with van der Waals surface area (Å²) in [5.74, 6) is 11.3. The van der Waals surface area contributed by atoms with E-state index in [9.17, 15) is 0 Å². The number of hydrogen-bond donors (Lipinski definition) is 0. The molecule has 0 spiro atoms. The van der Waals surface area contributed by atoms with Crippen LogP contribution in [0.2, 0.25) is 0 Å². The highest BCUT2D eigenvalue weighted by molar-refractivity contribution is 5.88. The first kappa shape index (κ1) is 91.7. The summed E-state index contributed by atoms with van der Waals surface area (Å²) in [6.45, 7) is 15.1. The lowest BCUT2D eigenvalue weighted by Gasteiger charge is -2.31. The molecule has 0 unspecified atom stereocenters. The fourth-order valence-electron chi connectivity index (χ4n) is 20.0. The Morgan fingerprint density at radius 2 is 0.679 bits per heavy atom. The molecule has 712 valence electrons. The Bertz CT molecular complexity index is 6280. The van der Waals surface area contributed by atoms with Crippen molar-refractivity contribution in [2.24, 2.45) is 37.8 Å². The summed E-state index contributed by atoms with van der Waals surface area (Å²) in [6, 6.07) is 21.1. The van der Waals surface area contributed by atoms with E-state index in [2.05, 4.69) is 193 Å². The van der Waals surface area contributed by atoms with Crippen molar-refractivity contribution in [3.63, 3.8) is 0 Å². The van der Waals surface area contributed by atoms with E-state index >= 15 is 0 Å². The van der Waals surface area contributed by atoms with Crippen LogP contribution in [0.4, 0.5) is 22.7 Å². The maximum absolute atomic E-state index is 6.57. The van der Waals surface area contributed by atoms with E-state index in [0.29, 0.717) is 41.2 Å². The van der Waals surface area contributed by atoms with Gasteiger partial charge in [-0.1, -0.05) is 6.92 Å². The Hall–Kier alpha value is -13.1. The van der Waals surface area contributed by atoms with Crippen LogP contribution < -0.4 is 38.5 Å². The Morgan fingerprint density at radius 3 is 1.03 bits per heavy atom. The van der Waals surface area contributed by atoms with Crippen molar-refractivity contribution in [2.75, 3.05) is 125 Å². The predicted molar refractivity (Wildman–Crippen MR) is 516 cm³/mol. The highest BCUT2D eigenvalue weighted by Gasteiger charge is 2.33. The molecule has 14 aromatic rings. The van der Waals surface area contributed by atoms with Crippen LogP contribution >= 0.6 is 0 Å². The minimum Gasteiger partial charge on any atom is -0.488 e. The molecule has 10 aromatic heterocycles. The first-order chi connectivity index (χ1) is 67.5. The highest BCUT2D eigenvalue weighted by Crippen LogP contribution is 2.43. The minimum absolute atomic E-state index is 0.164. The maximum atomic E-state index is 6.57. The van der Waals surface area contributed by atoms with E-state index < -0.39 is 0 Å². The zero-order valence-corrected chi connectivity index (χ0v) is 78.4. The fraction of sp³-hybridized carbons (Fsp3) is 0.505. The highest BCUT2D eigenvalue weighted by atomic mass is 16.5. The quantitative estimate of drug-likeness (QED) is 0.0542. The number of tetrazole rings is 2. The largest absolute Gasteiger partial charge is 0.488 e. The SMILES string of the molecule is CCc1nccc(CC2CCC(Oc3cc(N4CCOCC4)cc4nccnc34)CC2)n1.Cn1nnc(-c2cnc(CC3CCC(Oc4cc(N5CCOCC5)cc5nccnc45)CC3)nc2)n1.Cn1nnnc1-c1cnc(CC2CCC(Oc3cc(N4CCOCC4)cc4nccnc34)CC2)nc1.c1cc(C2CC2)nc(CC2CCC(Oc3cc(N4CCOCC4)cc4nccnc34)CC2)n1. The summed E-state index contributed by atoms with van der Waals surface area (Å²) >= 11 is 0. The van der Waals surface area contributed by atoms with Crippen LogP contribution in [0, 0.1) is 23.7 Å². The molecular weight excluding hydrogens is 1730 g/mol. The van der Waals surface area contributed by atoms with E-state index in [1.165, 1.54) is 29.0 Å². The van der Waals surface area contributed by atoms with Crippen LogP contribution in [-0.4, -0.2) is 250 Å². The third-order valence-corrected chi connectivity index (χ3v) is 27.7. The fourth-order valence-corrected chi connectivity index (χ4v) is 20.0. The molecule has 0 bridgehead atoms. The average molecular weight is 1850 g/mol. The van der Waals surface area contributed by atoms with Gasteiger partial charge < -0.3 is 57.5 Å². The lowest BCUT2D eigenvalue weighted by Crippen LogP contribution is -2.36. The molecule has 9 fully saturated rings. The van der Waals surface area contributed by atoms with Crippen LogP contribution in [-0.2, 0) is 65.1 Å². The zero-order chi connectivity index (χ0) is 92.4. The van der Waals surface area contributed by atoms with Crippen molar-refractivity contribution >= 4 is 66.9 Å². The van der Waals surface area contributed by atoms with Gasteiger partial charge in [-0.2, -0.15) is 4.80 Å². The van der Waals surface area contributed by atoms with Gasteiger partial charge in [-0.15, -0.1) is 15.3 Å². The second kappa shape index (κ2) is 44.4. The molecule has 0 N–H and O–H groups in total. The molecular formula is C101H120N28O8. The summed E-state index contributed by atoms with van der Waals surface area (Å²) in [6.07, 6.45) is 50.0.